The molecule has 0 radical (unpaired) electrons. The van der Waals surface area contributed by atoms with Crippen LogP contribution < -0.4 is 16.8 Å². The molecule has 3 aromatic rings. The SMILES string of the molecule is CCCCn1ccc2ccc(C(=O)NC(Cc3cc(F)cc(F)c3)C(O)CC/C(N)=C/N)cc21. The second kappa shape index (κ2) is 11.7. The van der Waals surface area contributed by atoms with E-state index in [-0.39, 0.29) is 18.7 Å². The number of hydrogen-bond donors (Lipinski definition) is 4. The van der Waals surface area contributed by atoms with Crippen LogP contribution in [0.4, 0.5) is 8.78 Å². The molecule has 8 heteroatoms. The summed E-state index contributed by atoms with van der Waals surface area (Å²) in [5, 5.41) is 14.7. The maximum absolute atomic E-state index is 13.7. The molecule has 182 valence electrons. The number of carbonyl (C=O) groups is 1. The van der Waals surface area contributed by atoms with Crippen LogP contribution in [-0.2, 0) is 13.0 Å². The molecule has 0 saturated heterocycles. The summed E-state index contributed by atoms with van der Waals surface area (Å²) >= 11 is 0. The molecule has 2 atom stereocenters. The Morgan fingerprint density at radius 2 is 1.91 bits per heavy atom. The van der Waals surface area contributed by atoms with Crippen LogP contribution in [0.2, 0.25) is 0 Å². The summed E-state index contributed by atoms with van der Waals surface area (Å²) in [5.41, 5.74) is 13.3. The van der Waals surface area contributed by atoms with Gasteiger partial charge in [0.1, 0.15) is 11.6 Å². The van der Waals surface area contributed by atoms with Crippen LogP contribution in [0, 0.1) is 11.6 Å². The van der Waals surface area contributed by atoms with Crippen molar-refractivity contribution in [3.8, 4) is 0 Å². The number of hydrogen-bond acceptors (Lipinski definition) is 4. The third-order valence-electron chi connectivity index (χ3n) is 5.89. The minimum Gasteiger partial charge on any atom is -0.403 e. The minimum absolute atomic E-state index is 0.0446. The number of nitrogens with zero attached hydrogens (tertiary/aromatic N) is 1. The summed E-state index contributed by atoms with van der Waals surface area (Å²) < 4.78 is 29.6. The van der Waals surface area contributed by atoms with Crippen molar-refractivity contribution in [3.05, 3.63) is 83.3 Å². The van der Waals surface area contributed by atoms with E-state index in [9.17, 15) is 18.7 Å². The molecule has 0 aliphatic carbocycles. The number of aliphatic hydroxyl groups excluding tert-OH is 1. The molecular weight excluding hydrogens is 438 g/mol. The largest absolute Gasteiger partial charge is 0.403 e. The van der Waals surface area contributed by atoms with Gasteiger partial charge in [-0.05, 0) is 67.0 Å². The van der Waals surface area contributed by atoms with Gasteiger partial charge in [0.25, 0.3) is 5.91 Å². The quantitative estimate of drug-likeness (QED) is 0.340. The van der Waals surface area contributed by atoms with Gasteiger partial charge in [0.2, 0.25) is 0 Å². The van der Waals surface area contributed by atoms with Crippen LogP contribution in [0.1, 0.15) is 48.5 Å². The molecule has 1 heterocycles. The van der Waals surface area contributed by atoms with Crippen molar-refractivity contribution in [1.82, 2.24) is 9.88 Å². The number of aromatic nitrogens is 1. The van der Waals surface area contributed by atoms with Gasteiger partial charge in [-0.1, -0.05) is 19.4 Å². The number of unbranched alkanes of at least 4 members (excludes halogenated alkanes) is 1. The highest BCUT2D eigenvalue weighted by Gasteiger charge is 2.23. The average molecular weight is 471 g/mol. The molecule has 0 fully saturated rings. The fraction of sp³-hybridized carbons (Fsp3) is 0.346. The van der Waals surface area contributed by atoms with Gasteiger partial charge in [-0.2, -0.15) is 0 Å². The molecular formula is C26H32F2N4O2. The van der Waals surface area contributed by atoms with Crippen LogP contribution in [0.15, 0.2) is 60.6 Å². The minimum atomic E-state index is -1.01. The second-order valence-corrected chi connectivity index (χ2v) is 8.55. The van der Waals surface area contributed by atoms with Crippen LogP contribution in [0.5, 0.6) is 0 Å². The number of fused-ring (bicyclic) bond motifs is 1. The molecule has 34 heavy (non-hydrogen) atoms. The van der Waals surface area contributed by atoms with Crippen molar-refractivity contribution in [3.63, 3.8) is 0 Å². The van der Waals surface area contributed by atoms with Crippen LogP contribution in [-0.4, -0.2) is 27.7 Å². The number of allylic oxidation sites excluding steroid dienone is 1. The molecule has 0 bridgehead atoms. The van der Waals surface area contributed by atoms with Gasteiger partial charge < -0.3 is 26.5 Å². The summed E-state index contributed by atoms with van der Waals surface area (Å²) in [4.78, 5) is 13.1. The number of carbonyl (C=O) groups excluding carboxylic acids is 1. The van der Waals surface area contributed by atoms with Crippen molar-refractivity contribution in [1.29, 1.82) is 0 Å². The number of aliphatic hydroxyl groups is 1. The van der Waals surface area contributed by atoms with Crippen LogP contribution in [0.3, 0.4) is 0 Å². The lowest BCUT2D eigenvalue weighted by molar-refractivity contribution is 0.0815. The Morgan fingerprint density at radius 3 is 2.59 bits per heavy atom. The van der Waals surface area contributed by atoms with Gasteiger partial charge in [0, 0.05) is 41.8 Å². The van der Waals surface area contributed by atoms with Crippen molar-refractivity contribution < 1.29 is 18.7 Å². The Balaban J connectivity index is 1.83. The van der Waals surface area contributed by atoms with E-state index >= 15 is 0 Å². The van der Waals surface area contributed by atoms with Gasteiger partial charge >= 0.3 is 0 Å². The molecule has 2 unspecified atom stereocenters. The molecule has 6 nitrogen and oxygen atoms in total. The number of nitrogens with one attached hydrogen (secondary N) is 1. The number of aryl methyl sites for hydroxylation is 1. The lowest BCUT2D eigenvalue weighted by Crippen LogP contribution is -2.45. The van der Waals surface area contributed by atoms with E-state index in [0.717, 1.165) is 36.4 Å². The first-order chi connectivity index (χ1) is 16.3. The van der Waals surface area contributed by atoms with Gasteiger partial charge in [-0.25, -0.2) is 8.78 Å². The van der Waals surface area contributed by atoms with E-state index in [0.29, 0.717) is 23.2 Å². The van der Waals surface area contributed by atoms with Gasteiger partial charge in [0.05, 0.1) is 12.1 Å². The number of amides is 1. The summed E-state index contributed by atoms with van der Waals surface area (Å²) in [6.45, 7) is 2.98. The number of benzene rings is 2. The highest BCUT2D eigenvalue weighted by Crippen LogP contribution is 2.20. The first-order valence-electron chi connectivity index (χ1n) is 11.5. The van der Waals surface area contributed by atoms with Crippen LogP contribution in [0.25, 0.3) is 10.9 Å². The van der Waals surface area contributed by atoms with E-state index in [2.05, 4.69) is 16.8 Å². The summed E-state index contributed by atoms with van der Waals surface area (Å²) in [6, 6.07) is 9.80. The standard InChI is InChI=1S/C26H32F2N4O2/c1-2-3-9-32-10-8-18-4-5-19(14-24(18)32)26(34)31-23(25(33)7-6-22(30)16-29)13-17-11-20(27)15-21(28)12-17/h4-5,8,10-12,14-16,23,25,33H,2-3,6-7,9,13,29-30H2,1H3,(H,31,34)/b22-16-. The molecule has 3 rings (SSSR count). The molecule has 0 aliphatic heterocycles. The smallest absolute Gasteiger partial charge is 0.251 e. The first kappa shape index (κ1) is 25.2. The molecule has 1 aromatic heterocycles. The zero-order valence-corrected chi connectivity index (χ0v) is 19.3. The molecule has 0 spiro atoms. The topological polar surface area (TPSA) is 106 Å². The fourth-order valence-electron chi connectivity index (χ4n) is 3.97. The Labute approximate surface area is 198 Å². The Bertz CT molecular complexity index is 1140. The molecule has 0 saturated carbocycles. The predicted octanol–water partition coefficient (Wildman–Crippen LogP) is 3.96. The first-order valence-corrected chi connectivity index (χ1v) is 11.5. The zero-order valence-electron chi connectivity index (χ0n) is 19.3. The third-order valence-corrected chi connectivity index (χ3v) is 5.89. The van der Waals surface area contributed by atoms with Gasteiger partial charge in [0.15, 0.2) is 0 Å². The van der Waals surface area contributed by atoms with E-state index in [1.165, 1.54) is 18.3 Å². The monoisotopic (exact) mass is 470 g/mol. The Kier molecular flexibility index (Phi) is 8.65. The number of halogens is 2. The maximum Gasteiger partial charge on any atom is 0.251 e. The van der Waals surface area contributed by atoms with Crippen molar-refractivity contribution in [2.45, 2.75) is 57.7 Å². The summed E-state index contributed by atoms with van der Waals surface area (Å²) in [7, 11) is 0. The Morgan fingerprint density at radius 1 is 1.18 bits per heavy atom. The summed E-state index contributed by atoms with van der Waals surface area (Å²) in [5.74, 6) is -1.82. The van der Waals surface area contributed by atoms with Gasteiger partial charge in [-0.15, -0.1) is 0 Å². The average Bonchev–Trinajstić information content (AvgIpc) is 3.21. The van der Waals surface area contributed by atoms with E-state index < -0.39 is 23.8 Å². The van der Waals surface area contributed by atoms with E-state index in [1.54, 1.807) is 6.07 Å². The molecule has 0 aliphatic rings. The number of nitrogens with two attached hydrogens (primary N) is 2. The lowest BCUT2D eigenvalue weighted by atomic mass is 9.97. The zero-order chi connectivity index (χ0) is 24.7. The van der Waals surface area contributed by atoms with Crippen molar-refractivity contribution >= 4 is 16.8 Å². The lowest BCUT2D eigenvalue weighted by Gasteiger charge is -2.25. The van der Waals surface area contributed by atoms with Crippen LogP contribution >= 0.6 is 0 Å². The molecule has 1 amide bonds. The number of rotatable bonds is 11. The highest BCUT2D eigenvalue weighted by molar-refractivity contribution is 5.98. The van der Waals surface area contributed by atoms with E-state index in [1.807, 2.05) is 24.4 Å². The Hall–Kier alpha value is -3.39. The fourth-order valence-corrected chi connectivity index (χ4v) is 3.97. The molecule has 6 N–H and O–H groups in total. The normalized spacial score (nSPS) is 13.7. The predicted molar refractivity (Wildman–Crippen MR) is 130 cm³/mol. The van der Waals surface area contributed by atoms with Gasteiger partial charge in [-0.3, -0.25) is 4.79 Å². The highest BCUT2D eigenvalue weighted by atomic mass is 19.1. The van der Waals surface area contributed by atoms with Crippen molar-refractivity contribution in [2.24, 2.45) is 11.5 Å². The maximum atomic E-state index is 13.7. The van der Waals surface area contributed by atoms with E-state index in [4.69, 9.17) is 11.5 Å². The third kappa shape index (κ3) is 6.57. The second-order valence-electron chi connectivity index (χ2n) is 8.55. The van der Waals surface area contributed by atoms with Crippen molar-refractivity contribution in [2.75, 3.05) is 0 Å². The molecule has 2 aromatic carbocycles. The summed E-state index contributed by atoms with van der Waals surface area (Å²) in [6.07, 6.45) is 4.92.